The molecule has 0 unspecified atom stereocenters. The van der Waals surface area contributed by atoms with Crippen LogP contribution in [0.2, 0.25) is 18.1 Å². The zero-order valence-electron chi connectivity index (χ0n) is 9.73. The summed E-state index contributed by atoms with van der Waals surface area (Å²) in [6.45, 7) is 8.47. The fourth-order valence-corrected chi connectivity index (χ4v) is 8.21. The highest BCUT2D eigenvalue weighted by Crippen LogP contribution is 2.24. The molecule has 0 bridgehead atoms. The first-order chi connectivity index (χ1) is 6.24. The minimum atomic E-state index is -0.818. The molecule has 80 valence electrons. The Labute approximate surface area is 89.1 Å². The summed E-state index contributed by atoms with van der Waals surface area (Å²) in [4.78, 5) is 0. The summed E-state index contributed by atoms with van der Waals surface area (Å²) >= 11 is 2.19. The number of hydrogen-bond donors (Lipinski definition) is 1. The fraction of sp³-hybridized carbons (Fsp3) is 1.00. The third-order valence-electron chi connectivity index (χ3n) is 3.21. The van der Waals surface area contributed by atoms with E-state index in [9.17, 15) is 0 Å². The van der Waals surface area contributed by atoms with Gasteiger partial charge >= 0.3 is 0 Å². The third kappa shape index (κ3) is 5.08. The summed E-state index contributed by atoms with van der Waals surface area (Å²) in [5.41, 5.74) is 0. The van der Waals surface area contributed by atoms with Crippen molar-refractivity contribution < 1.29 is 5.32 Å². The smallest absolute Gasteiger partial charge is 0.0845 e. The highest BCUT2D eigenvalue weighted by atomic mass is 32.2. The van der Waals surface area contributed by atoms with E-state index >= 15 is 0 Å². The summed E-state index contributed by atoms with van der Waals surface area (Å²) in [6, 6.07) is 4.43. The number of nitrogens with two attached hydrogens (primary N) is 1. The van der Waals surface area contributed by atoms with E-state index < -0.39 is 8.07 Å². The fourth-order valence-electron chi connectivity index (χ4n) is 1.55. The first kappa shape index (κ1) is 13.5. The van der Waals surface area contributed by atoms with Crippen LogP contribution in [0.1, 0.15) is 20.8 Å². The molecule has 0 spiro atoms. The topological polar surface area (TPSA) is 16.6 Å². The molecule has 0 rings (SSSR count). The summed E-state index contributed by atoms with van der Waals surface area (Å²) in [5, 5.41) is 3.77. The van der Waals surface area contributed by atoms with E-state index in [1.165, 1.54) is 35.8 Å². The van der Waals surface area contributed by atoms with Gasteiger partial charge in [0, 0.05) is 5.75 Å². The van der Waals surface area contributed by atoms with E-state index in [0.717, 1.165) is 0 Å². The van der Waals surface area contributed by atoms with Crippen molar-refractivity contribution in [3.05, 3.63) is 0 Å². The lowest BCUT2D eigenvalue weighted by Crippen LogP contribution is -2.80. The van der Waals surface area contributed by atoms with Gasteiger partial charge in [0.15, 0.2) is 0 Å². The van der Waals surface area contributed by atoms with E-state index in [-0.39, 0.29) is 0 Å². The predicted molar refractivity (Wildman–Crippen MR) is 67.2 cm³/mol. The van der Waals surface area contributed by atoms with Crippen molar-refractivity contribution in [2.45, 2.75) is 38.9 Å². The van der Waals surface area contributed by atoms with Crippen LogP contribution in [0.15, 0.2) is 0 Å². The average molecular weight is 220 g/mol. The summed E-state index contributed by atoms with van der Waals surface area (Å²) in [6.07, 6.45) is 0. The second-order valence-electron chi connectivity index (χ2n) is 3.81. The van der Waals surface area contributed by atoms with Crippen LogP contribution in [0.5, 0.6) is 0 Å². The van der Waals surface area contributed by atoms with Gasteiger partial charge in [0.1, 0.15) is 0 Å². The molecule has 0 aromatic carbocycles. The molecule has 13 heavy (non-hydrogen) atoms. The van der Waals surface area contributed by atoms with Gasteiger partial charge in [-0.3, -0.25) is 0 Å². The maximum absolute atomic E-state index is 2.39. The van der Waals surface area contributed by atoms with Crippen LogP contribution in [0, 0.1) is 0 Å². The van der Waals surface area contributed by atoms with Crippen molar-refractivity contribution >= 4 is 19.8 Å². The lowest BCUT2D eigenvalue weighted by molar-refractivity contribution is -0.622. The minimum absolute atomic E-state index is 0.818. The molecule has 0 heterocycles. The maximum atomic E-state index is 2.39. The molecule has 0 aromatic rings. The molecule has 0 amide bonds. The van der Waals surface area contributed by atoms with Crippen LogP contribution < -0.4 is 5.32 Å². The number of hydrogen-bond acceptors (Lipinski definition) is 1. The van der Waals surface area contributed by atoms with Crippen molar-refractivity contribution in [1.82, 2.24) is 0 Å². The normalized spacial score (nSPS) is 12.0. The Balaban J connectivity index is 3.68. The van der Waals surface area contributed by atoms with Gasteiger partial charge in [-0.05, 0) is 5.38 Å². The third-order valence-corrected chi connectivity index (χ3v) is 11.5. The largest absolute Gasteiger partial charge is 0.348 e. The van der Waals surface area contributed by atoms with Gasteiger partial charge in [0.25, 0.3) is 0 Å². The first-order valence-corrected chi connectivity index (χ1v) is 9.58. The summed E-state index contributed by atoms with van der Waals surface area (Å²) in [5.74, 6) is 1.34. The van der Waals surface area contributed by atoms with Crippen LogP contribution >= 0.6 is 11.8 Å². The molecule has 2 N–H and O–H groups in total. The first-order valence-electron chi connectivity index (χ1n) is 5.60. The Morgan fingerprint density at radius 3 is 2.00 bits per heavy atom. The molecule has 0 saturated heterocycles. The van der Waals surface area contributed by atoms with Crippen LogP contribution in [-0.4, -0.2) is 32.8 Å². The van der Waals surface area contributed by atoms with E-state index in [4.69, 9.17) is 0 Å². The van der Waals surface area contributed by atoms with Crippen LogP contribution in [-0.2, 0) is 0 Å². The lowest BCUT2D eigenvalue weighted by atomic mass is 10.8. The highest BCUT2D eigenvalue weighted by molar-refractivity contribution is 8.00. The zero-order valence-corrected chi connectivity index (χ0v) is 11.5. The molecule has 1 nitrogen and oxygen atoms in total. The summed E-state index contributed by atoms with van der Waals surface area (Å²) in [7, 11) is 1.34. The highest BCUT2D eigenvalue weighted by Gasteiger charge is 2.25. The quantitative estimate of drug-likeness (QED) is 0.489. The zero-order chi connectivity index (χ0) is 10.2. The van der Waals surface area contributed by atoms with Crippen LogP contribution in [0.4, 0.5) is 0 Å². The standard InChI is InChI=1S/C10H25NSSi/c1-5-13(6-2,7-3)10-12-9-8-11-4/h11H,5-10H2,1-4H3/p+1. The van der Waals surface area contributed by atoms with Crippen molar-refractivity contribution in [2.75, 3.05) is 24.7 Å². The molecule has 0 aliphatic heterocycles. The SMILES string of the molecule is CC[Si](CC)(CC)CSCC[NH2+]C. The van der Waals surface area contributed by atoms with Crippen molar-refractivity contribution in [3.63, 3.8) is 0 Å². The van der Waals surface area contributed by atoms with Gasteiger partial charge in [-0.1, -0.05) is 38.9 Å². The maximum Gasteiger partial charge on any atom is 0.0845 e. The Morgan fingerprint density at radius 1 is 1.08 bits per heavy atom. The van der Waals surface area contributed by atoms with Gasteiger partial charge in [0.05, 0.1) is 21.7 Å². The van der Waals surface area contributed by atoms with Gasteiger partial charge in [0.2, 0.25) is 0 Å². The molecule has 0 aromatic heterocycles. The van der Waals surface area contributed by atoms with E-state index in [1.54, 1.807) is 0 Å². The predicted octanol–water partition coefficient (Wildman–Crippen LogP) is 1.96. The molecule has 0 radical (unpaired) electrons. The monoisotopic (exact) mass is 220 g/mol. The van der Waals surface area contributed by atoms with Gasteiger partial charge < -0.3 is 5.32 Å². The summed E-state index contributed by atoms with van der Waals surface area (Å²) < 4.78 is 0. The van der Waals surface area contributed by atoms with Crippen molar-refractivity contribution in [3.8, 4) is 0 Å². The van der Waals surface area contributed by atoms with E-state index in [2.05, 4.69) is 44.9 Å². The van der Waals surface area contributed by atoms with Crippen molar-refractivity contribution in [1.29, 1.82) is 0 Å². The number of thioether (sulfide) groups is 1. The van der Waals surface area contributed by atoms with Crippen LogP contribution in [0.25, 0.3) is 0 Å². The van der Waals surface area contributed by atoms with Gasteiger partial charge in [-0.25, -0.2) is 0 Å². The number of rotatable bonds is 8. The van der Waals surface area contributed by atoms with E-state index in [1.807, 2.05) is 0 Å². The lowest BCUT2D eigenvalue weighted by Gasteiger charge is -2.27. The number of quaternary nitrogens is 1. The van der Waals surface area contributed by atoms with Crippen LogP contribution in [0.3, 0.4) is 0 Å². The Bertz CT molecular complexity index is 107. The molecule has 3 heteroatoms. The van der Waals surface area contributed by atoms with Gasteiger partial charge in [-0.15, -0.1) is 0 Å². The second-order valence-corrected chi connectivity index (χ2v) is 10.9. The van der Waals surface area contributed by atoms with Gasteiger partial charge in [-0.2, -0.15) is 11.8 Å². The Morgan fingerprint density at radius 2 is 1.62 bits per heavy atom. The second kappa shape index (κ2) is 7.89. The average Bonchev–Trinajstić information content (AvgIpc) is 2.20. The molecule has 0 aliphatic carbocycles. The molecular weight excluding hydrogens is 194 g/mol. The molecule has 0 aliphatic rings. The van der Waals surface area contributed by atoms with E-state index in [0.29, 0.717) is 0 Å². The minimum Gasteiger partial charge on any atom is -0.348 e. The molecule has 0 fully saturated rings. The molecule has 0 saturated carbocycles. The Kier molecular flexibility index (Phi) is 8.21. The Hall–Kier alpha value is 0.527. The molecule has 0 atom stereocenters. The van der Waals surface area contributed by atoms with Crippen molar-refractivity contribution in [2.24, 2.45) is 0 Å². The molecular formula is C10H26NSSi+.